The maximum Gasteiger partial charge on any atom is 0.328 e. The number of aryl methyl sites for hydroxylation is 1. The molecule has 1 aliphatic rings. The van der Waals surface area contributed by atoms with E-state index in [0.717, 1.165) is 44.2 Å². The molecular formula is C30H33ClN2O4. The van der Waals surface area contributed by atoms with Gasteiger partial charge in [0.15, 0.2) is 0 Å². The number of hydrogen-bond acceptors (Lipinski definition) is 4. The van der Waals surface area contributed by atoms with Gasteiger partial charge in [-0.05, 0) is 60.8 Å². The highest BCUT2D eigenvalue weighted by Gasteiger charge is 2.20. The van der Waals surface area contributed by atoms with E-state index in [1.807, 2.05) is 12.1 Å². The fourth-order valence-corrected chi connectivity index (χ4v) is 4.54. The van der Waals surface area contributed by atoms with Crippen LogP contribution in [0.25, 0.3) is 0 Å². The van der Waals surface area contributed by atoms with Gasteiger partial charge in [0, 0.05) is 55.0 Å². The van der Waals surface area contributed by atoms with E-state index in [1.165, 1.54) is 22.4 Å². The Labute approximate surface area is 223 Å². The summed E-state index contributed by atoms with van der Waals surface area (Å²) in [4.78, 5) is 24.2. The Balaban J connectivity index is 0.000000414. The number of carboxylic acid groups (broad SMARTS) is 2. The average molecular weight is 521 g/mol. The predicted molar refractivity (Wildman–Crippen MR) is 149 cm³/mol. The van der Waals surface area contributed by atoms with E-state index in [2.05, 4.69) is 83.5 Å². The summed E-state index contributed by atoms with van der Waals surface area (Å²) in [5.41, 5.74) is 5.42. The van der Waals surface area contributed by atoms with E-state index in [-0.39, 0.29) is 0 Å². The van der Waals surface area contributed by atoms with Crippen molar-refractivity contribution in [2.24, 2.45) is 0 Å². The quantitative estimate of drug-likeness (QED) is 0.371. The highest BCUT2D eigenvalue weighted by molar-refractivity contribution is 6.30. The molecule has 37 heavy (non-hydrogen) atoms. The van der Waals surface area contributed by atoms with Crippen molar-refractivity contribution in [2.75, 3.05) is 37.6 Å². The van der Waals surface area contributed by atoms with Crippen LogP contribution in [-0.4, -0.2) is 59.8 Å². The first kappa shape index (κ1) is 28.0. The summed E-state index contributed by atoms with van der Waals surface area (Å²) in [5.74, 6) is -2.11. The van der Waals surface area contributed by atoms with Gasteiger partial charge in [-0.3, -0.25) is 4.90 Å². The predicted octanol–water partition coefficient (Wildman–Crippen LogP) is 5.70. The third kappa shape index (κ3) is 9.41. The fraction of sp³-hybridized carbons (Fsp3) is 0.267. The molecule has 1 atom stereocenters. The number of carbonyl (C=O) groups is 2. The molecule has 0 aliphatic carbocycles. The lowest BCUT2D eigenvalue weighted by Gasteiger charge is -2.37. The Bertz CT molecular complexity index is 1160. The summed E-state index contributed by atoms with van der Waals surface area (Å²) < 4.78 is 0. The van der Waals surface area contributed by atoms with Crippen molar-refractivity contribution in [3.63, 3.8) is 0 Å². The van der Waals surface area contributed by atoms with Gasteiger partial charge in [-0.25, -0.2) is 9.59 Å². The minimum atomic E-state index is -1.26. The first-order chi connectivity index (χ1) is 17.8. The average Bonchev–Trinajstić information content (AvgIpc) is 2.90. The minimum Gasteiger partial charge on any atom is -0.478 e. The second-order valence-corrected chi connectivity index (χ2v) is 9.42. The van der Waals surface area contributed by atoms with Crippen molar-refractivity contribution in [1.29, 1.82) is 0 Å². The van der Waals surface area contributed by atoms with Crippen LogP contribution in [0.5, 0.6) is 0 Å². The van der Waals surface area contributed by atoms with E-state index in [4.69, 9.17) is 21.8 Å². The molecule has 1 unspecified atom stereocenters. The largest absolute Gasteiger partial charge is 0.478 e. The number of halogens is 1. The molecule has 4 rings (SSSR count). The van der Waals surface area contributed by atoms with Crippen LogP contribution < -0.4 is 4.90 Å². The molecule has 3 aromatic rings. The molecule has 0 amide bonds. The van der Waals surface area contributed by atoms with E-state index >= 15 is 0 Å². The third-order valence-corrected chi connectivity index (χ3v) is 6.57. The Morgan fingerprint density at radius 2 is 1.43 bits per heavy atom. The summed E-state index contributed by atoms with van der Waals surface area (Å²) in [5, 5.41) is 16.4. The van der Waals surface area contributed by atoms with Gasteiger partial charge >= 0.3 is 11.9 Å². The number of piperazine rings is 1. The van der Waals surface area contributed by atoms with Crippen molar-refractivity contribution < 1.29 is 19.8 Å². The second kappa shape index (κ2) is 14.2. The number of nitrogens with zero attached hydrogens (tertiary/aromatic N) is 2. The van der Waals surface area contributed by atoms with Gasteiger partial charge in [0.2, 0.25) is 0 Å². The molecular weight excluding hydrogens is 488 g/mol. The zero-order chi connectivity index (χ0) is 26.6. The highest BCUT2D eigenvalue weighted by atomic mass is 35.5. The first-order valence-electron chi connectivity index (χ1n) is 12.3. The lowest BCUT2D eigenvalue weighted by atomic mass is 9.88. The molecule has 6 nitrogen and oxygen atoms in total. The molecule has 0 aromatic heterocycles. The summed E-state index contributed by atoms with van der Waals surface area (Å²) in [6.45, 7) is 7.72. The summed E-state index contributed by atoms with van der Waals surface area (Å²) in [6.07, 6.45) is 2.24. The SMILES string of the molecule is Cc1cccc(N2CCN(CCC(c3ccccc3)c3ccc(Cl)cc3)CC2)c1.O=C(O)/C=C\C(=O)O. The summed E-state index contributed by atoms with van der Waals surface area (Å²) in [6, 6.07) is 28.1. The summed E-state index contributed by atoms with van der Waals surface area (Å²) in [7, 11) is 0. The van der Waals surface area contributed by atoms with Crippen LogP contribution >= 0.6 is 11.6 Å². The van der Waals surface area contributed by atoms with Crippen LogP contribution in [0.1, 0.15) is 29.0 Å². The first-order valence-corrected chi connectivity index (χ1v) is 12.7. The molecule has 1 saturated heterocycles. The van der Waals surface area contributed by atoms with E-state index in [1.54, 1.807) is 0 Å². The van der Waals surface area contributed by atoms with Gasteiger partial charge in [0.1, 0.15) is 0 Å². The molecule has 1 fully saturated rings. The van der Waals surface area contributed by atoms with E-state index in [0.29, 0.717) is 18.1 Å². The van der Waals surface area contributed by atoms with Crippen molar-refractivity contribution in [3.8, 4) is 0 Å². The molecule has 0 bridgehead atoms. The number of rotatable bonds is 8. The van der Waals surface area contributed by atoms with Crippen LogP contribution in [0.4, 0.5) is 5.69 Å². The number of aliphatic carboxylic acids is 2. The van der Waals surface area contributed by atoms with E-state index < -0.39 is 11.9 Å². The Morgan fingerprint density at radius 1 is 0.838 bits per heavy atom. The molecule has 0 saturated carbocycles. The molecule has 1 heterocycles. The van der Waals surface area contributed by atoms with Crippen LogP contribution in [0.2, 0.25) is 5.02 Å². The van der Waals surface area contributed by atoms with Crippen LogP contribution in [0.3, 0.4) is 0 Å². The fourth-order valence-electron chi connectivity index (χ4n) is 4.41. The van der Waals surface area contributed by atoms with Crippen LogP contribution in [0, 0.1) is 6.92 Å². The zero-order valence-corrected chi connectivity index (χ0v) is 21.7. The van der Waals surface area contributed by atoms with Crippen molar-refractivity contribution in [1.82, 2.24) is 4.90 Å². The highest BCUT2D eigenvalue weighted by Crippen LogP contribution is 2.29. The molecule has 3 aromatic carbocycles. The standard InChI is InChI=1S/C26H29ClN2.C4H4O4/c1-21-6-5-9-25(20-21)29-18-16-28(17-19-29)15-14-26(22-7-3-2-4-8-22)23-10-12-24(27)13-11-23;5-3(6)1-2-4(7)8/h2-13,20,26H,14-19H2,1H3;1-2H,(H,5,6)(H,7,8)/b;2-1-. The molecule has 2 N–H and O–H groups in total. The van der Waals surface area contributed by atoms with Gasteiger partial charge in [-0.2, -0.15) is 0 Å². The van der Waals surface area contributed by atoms with Crippen molar-refractivity contribution in [2.45, 2.75) is 19.3 Å². The number of benzene rings is 3. The lowest BCUT2D eigenvalue weighted by Crippen LogP contribution is -2.46. The smallest absolute Gasteiger partial charge is 0.328 e. The Kier molecular flexibility index (Phi) is 10.7. The normalized spacial score (nSPS) is 14.6. The zero-order valence-electron chi connectivity index (χ0n) is 21.0. The van der Waals surface area contributed by atoms with E-state index in [9.17, 15) is 9.59 Å². The van der Waals surface area contributed by atoms with Gasteiger partial charge in [-0.15, -0.1) is 0 Å². The Morgan fingerprint density at radius 3 is 2.00 bits per heavy atom. The third-order valence-electron chi connectivity index (χ3n) is 6.32. The molecule has 0 spiro atoms. The summed E-state index contributed by atoms with van der Waals surface area (Å²) >= 11 is 6.12. The number of hydrogen-bond donors (Lipinski definition) is 2. The second-order valence-electron chi connectivity index (χ2n) is 8.98. The van der Waals surface area contributed by atoms with Crippen molar-refractivity contribution >= 4 is 29.2 Å². The maximum atomic E-state index is 9.55. The van der Waals surface area contributed by atoms with Crippen LogP contribution in [-0.2, 0) is 9.59 Å². The van der Waals surface area contributed by atoms with Crippen LogP contribution in [0.15, 0.2) is 91.0 Å². The maximum absolute atomic E-state index is 9.55. The van der Waals surface area contributed by atoms with Gasteiger partial charge in [0.25, 0.3) is 0 Å². The van der Waals surface area contributed by atoms with Crippen molar-refractivity contribution in [3.05, 3.63) is 113 Å². The topological polar surface area (TPSA) is 81.1 Å². The number of anilines is 1. The molecule has 0 radical (unpaired) electrons. The molecule has 1 aliphatic heterocycles. The monoisotopic (exact) mass is 520 g/mol. The lowest BCUT2D eigenvalue weighted by molar-refractivity contribution is -0.134. The molecule has 7 heteroatoms. The molecule has 194 valence electrons. The Hall–Kier alpha value is -3.61. The minimum absolute atomic E-state index is 0.406. The van der Waals surface area contributed by atoms with Gasteiger partial charge < -0.3 is 15.1 Å². The number of carboxylic acids is 2. The van der Waals surface area contributed by atoms with Gasteiger partial charge in [0.05, 0.1) is 0 Å². The van der Waals surface area contributed by atoms with Gasteiger partial charge in [-0.1, -0.05) is 66.2 Å².